The zero-order valence-electron chi connectivity index (χ0n) is 5.81. The summed E-state index contributed by atoms with van der Waals surface area (Å²) in [6, 6.07) is 1.89. The van der Waals surface area contributed by atoms with Crippen LogP contribution in [0.15, 0.2) is 6.07 Å². The molecule has 0 unspecified atom stereocenters. The van der Waals surface area contributed by atoms with E-state index in [1.807, 2.05) is 6.07 Å². The normalized spacial score (nSPS) is 10.6. The van der Waals surface area contributed by atoms with Crippen molar-refractivity contribution in [2.24, 2.45) is 5.92 Å². The van der Waals surface area contributed by atoms with Crippen molar-refractivity contribution < 1.29 is 0 Å². The van der Waals surface area contributed by atoms with Crippen molar-refractivity contribution in [2.45, 2.75) is 20.3 Å². The van der Waals surface area contributed by atoms with E-state index in [-0.39, 0.29) is 0 Å². The van der Waals surface area contributed by atoms with Crippen molar-refractivity contribution in [3.05, 3.63) is 18.0 Å². The van der Waals surface area contributed by atoms with Gasteiger partial charge in [-0.3, -0.25) is 5.10 Å². The van der Waals surface area contributed by atoms with Crippen LogP contribution in [0.25, 0.3) is 0 Å². The fraction of sp³-hybridized carbons (Fsp3) is 0.571. The third-order valence-electron chi connectivity index (χ3n) is 1.13. The van der Waals surface area contributed by atoms with Crippen molar-refractivity contribution in [1.82, 2.24) is 10.2 Å². The number of H-pyrrole nitrogens is 1. The molecule has 1 rings (SSSR count). The highest BCUT2D eigenvalue weighted by molar-refractivity contribution is 4.96. The maximum atomic E-state index is 3.73. The molecule has 0 bridgehead atoms. The lowest BCUT2D eigenvalue weighted by molar-refractivity contribution is 0.633. The summed E-state index contributed by atoms with van der Waals surface area (Å²) >= 11 is 0. The SMILES string of the molecule is CC(C)Cc1c[c]n[nH]1. The van der Waals surface area contributed by atoms with Crippen LogP contribution in [0.5, 0.6) is 0 Å². The molecule has 0 aliphatic rings. The van der Waals surface area contributed by atoms with E-state index in [1.54, 1.807) is 0 Å². The van der Waals surface area contributed by atoms with Crippen molar-refractivity contribution in [2.75, 3.05) is 0 Å². The number of hydrogen-bond acceptors (Lipinski definition) is 1. The average Bonchev–Trinajstić information content (AvgIpc) is 2.15. The van der Waals surface area contributed by atoms with Gasteiger partial charge in [0.05, 0.1) is 0 Å². The summed E-state index contributed by atoms with van der Waals surface area (Å²) in [6.45, 7) is 4.36. The van der Waals surface area contributed by atoms with Crippen LogP contribution in [0.4, 0.5) is 0 Å². The van der Waals surface area contributed by atoms with E-state index < -0.39 is 0 Å². The van der Waals surface area contributed by atoms with Crippen molar-refractivity contribution >= 4 is 0 Å². The van der Waals surface area contributed by atoms with Gasteiger partial charge in [0.25, 0.3) is 0 Å². The Balaban J connectivity index is 2.48. The van der Waals surface area contributed by atoms with E-state index >= 15 is 0 Å². The molecule has 1 radical (unpaired) electrons. The van der Waals surface area contributed by atoms with Crippen molar-refractivity contribution in [3.8, 4) is 0 Å². The molecule has 0 saturated heterocycles. The molecule has 0 aliphatic carbocycles. The van der Waals surface area contributed by atoms with Gasteiger partial charge < -0.3 is 0 Å². The zero-order chi connectivity index (χ0) is 6.69. The zero-order valence-corrected chi connectivity index (χ0v) is 5.81. The maximum Gasteiger partial charge on any atom is 0.113 e. The second kappa shape index (κ2) is 2.67. The monoisotopic (exact) mass is 123 g/mol. The lowest BCUT2D eigenvalue weighted by atomic mass is 10.1. The lowest BCUT2D eigenvalue weighted by Gasteiger charge is -1.98. The fourth-order valence-electron chi connectivity index (χ4n) is 0.791. The average molecular weight is 123 g/mol. The molecule has 0 aromatic carbocycles. The molecule has 1 aromatic rings. The topological polar surface area (TPSA) is 28.7 Å². The van der Waals surface area contributed by atoms with Gasteiger partial charge in [0, 0.05) is 5.69 Å². The molecular formula is C7H11N2. The first-order chi connectivity index (χ1) is 4.29. The number of hydrogen-bond donors (Lipinski definition) is 1. The number of nitrogens with zero attached hydrogens (tertiary/aromatic N) is 1. The van der Waals surface area contributed by atoms with E-state index in [0.717, 1.165) is 6.42 Å². The van der Waals surface area contributed by atoms with Crippen LogP contribution < -0.4 is 0 Å². The molecule has 49 valence electrons. The standard InChI is InChI=1S/C7H11N2/c1-6(2)5-7-3-4-8-9-7/h3,6H,5H2,1-2H3,(H,8,9). The Hall–Kier alpha value is -0.790. The molecule has 0 aliphatic heterocycles. The molecule has 0 atom stereocenters. The molecule has 0 amide bonds. The Morgan fingerprint density at radius 2 is 2.56 bits per heavy atom. The predicted octanol–water partition coefficient (Wildman–Crippen LogP) is 1.41. The fourth-order valence-corrected chi connectivity index (χ4v) is 0.791. The van der Waals surface area contributed by atoms with E-state index in [9.17, 15) is 0 Å². The van der Waals surface area contributed by atoms with Crippen LogP contribution in [-0.4, -0.2) is 10.2 Å². The first-order valence-corrected chi connectivity index (χ1v) is 3.19. The number of nitrogens with one attached hydrogen (secondary N) is 1. The van der Waals surface area contributed by atoms with Crippen LogP contribution in [0.3, 0.4) is 0 Å². The molecule has 0 spiro atoms. The number of aromatic amines is 1. The van der Waals surface area contributed by atoms with Crippen LogP contribution in [0.1, 0.15) is 19.5 Å². The Bertz CT molecular complexity index is 153. The summed E-state index contributed by atoms with van der Waals surface area (Å²) in [7, 11) is 0. The first-order valence-electron chi connectivity index (χ1n) is 3.19. The van der Waals surface area contributed by atoms with Crippen LogP contribution in [0.2, 0.25) is 0 Å². The summed E-state index contributed by atoms with van der Waals surface area (Å²) in [5, 5.41) is 6.59. The summed E-state index contributed by atoms with van der Waals surface area (Å²) in [5.74, 6) is 0.693. The Labute approximate surface area is 55.3 Å². The van der Waals surface area contributed by atoms with Gasteiger partial charge in [0.15, 0.2) is 0 Å². The number of rotatable bonds is 2. The highest BCUT2D eigenvalue weighted by Gasteiger charge is 1.96. The number of aromatic nitrogens is 2. The van der Waals surface area contributed by atoms with Gasteiger partial charge in [-0.25, -0.2) is 0 Å². The van der Waals surface area contributed by atoms with Gasteiger partial charge >= 0.3 is 0 Å². The smallest absolute Gasteiger partial charge is 0.113 e. The van der Waals surface area contributed by atoms with E-state index in [1.165, 1.54) is 5.69 Å². The summed E-state index contributed by atoms with van der Waals surface area (Å²) < 4.78 is 0. The van der Waals surface area contributed by atoms with Crippen molar-refractivity contribution in [1.29, 1.82) is 0 Å². The highest BCUT2D eigenvalue weighted by atomic mass is 15.1. The Morgan fingerprint density at radius 1 is 1.78 bits per heavy atom. The Kier molecular flexibility index (Phi) is 1.88. The minimum Gasteiger partial charge on any atom is -0.282 e. The maximum absolute atomic E-state index is 3.73. The van der Waals surface area contributed by atoms with E-state index in [2.05, 4.69) is 30.2 Å². The molecule has 2 nitrogen and oxygen atoms in total. The van der Waals surface area contributed by atoms with Crippen molar-refractivity contribution in [3.63, 3.8) is 0 Å². The van der Waals surface area contributed by atoms with Gasteiger partial charge in [-0.2, -0.15) is 5.10 Å². The molecule has 1 N–H and O–H groups in total. The molecule has 0 fully saturated rings. The Morgan fingerprint density at radius 3 is 3.00 bits per heavy atom. The second-order valence-electron chi connectivity index (χ2n) is 2.62. The predicted molar refractivity (Wildman–Crippen MR) is 36.0 cm³/mol. The summed E-state index contributed by atoms with van der Waals surface area (Å²) in [5.41, 5.74) is 1.17. The lowest BCUT2D eigenvalue weighted by Crippen LogP contribution is -1.93. The van der Waals surface area contributed by atoms with Gasteiger partial charge in [0.1, 0.15) is 6.20 Å². The second-order valence-corrected chi connectivity index (χ2v) is 2.62. The molecular weight excluding hydrogens is 112 g/mol. The van der Waals surface area contributed by atoms with E-state index in [4.69, 9.17) is 0 Å². The van der Waals surface area contributed by atoms with Gasteiger partial charge in [-0.15, -0.1) is 0 Å². The first kappa shape index (κ1) is 6.33. The van der Waals surface area contributed by atoms with E-state index in [0.29, 0.717) is 5.92 Å². The molecule has 1 aromatic heterocycles. The minimum atomic E-state index is 0.693. The van der Waals surface area contributed by atoms with Gasteiger partial charge in [-0.1, -0.05) is 13.8 Å². The third-order valence-corrected chi connectivity index (χ3v) is 1.13. The van der Waals surface area contributed by atoms with Gasteiger partial charge in [-0.05, 0) is 18.4 Å². The largest absolute Gasteiger partial charge is 0.282 e. The van der Waals surface area contributed by atoms with Crippen LogP contribution in [-0.2, 0) is 6.42 Å². The minimum absolute atomic E-state index is 0.693. The molecule has 9 heavy (non-hydrogen) atoms. The molecule has 0 saturated carbocycles. The molecule has 2 heteroatoms. The summed E-state index contributed by atoms with van der Waals surface area (Å²) in [4.78, 5) is 0. The highest BCUT2D eigenvalue weighted by Crippen LogP contribution is 2.01. The quantitative estimate of drug-likeness (QED) is 0.632. The van der Waals surface area contributed by atoms with Crippen LogP contribution in [0, 0.1) is 12.1 Å². The van der Waals surface area contributed by atoms with Crippen LogP contribution >= 0.6 is 0 Å². The molecule has 1 heterocycles. The van der Waals surface area contributed by atoms with Gasteiger partial charge in [0.2, 0.25) is 0 Å². The third kappa shape index (κ3) is 1.88. The summed E-state index contributed by atoms with van der Waals surface area (Å²) in [6.07, 6.45) is 3.80.